The molecule has 1 fully saturated rings. The van der Waals surface area contributed by atoms with Crippen LogP contribution in [-0.2, 0) is 13.6 Å². The van der Waals surface area contributed by atoms with Gasteiger partial charge < -0.3 is 13.6 Å². The summed E-state index contributed by atoms with van der Waals surface area (Å²) in [6, 6.07) is 17.6. The minimum absolute atomic E-state index is 0.0544. The normalized spacial score (nSPS) is 25.4. The SMILES string of the molecule is CC[Si](CC)(CC)O[C@H]1[C@H](C)O[C@@H](Sc2ccccc2)C[C@@H]1O[Si](CC)(CC)CC. The lowest BCUT2D eigenvalue weighted by Gasteiger charge is -2.47. The third-order valence-corrected chi connectivity index (χ3v) is 17.7. The van der Waals surface area contributed by atoms with E-state index in [2.05, 4.69) is 78.8 Å². The molecule has 1 aliphatic heterocycles. The Hall–Kier alpha value is -0.116. The fourth-order valence-electron chi connectivity index (χ4n) is 4.62. The summed E-state index contributed by atoms with van der Waals surface area (Å²) in [7, 11) is -3.48. The highest BCUT2D eigenvalue weighted by Crippen LogP contribution is 2.39. The van der Waals surface area contributed by atoms with E-state index in [9.17, 15) is 0 Å². The van der Waals surface area contributed by atoms with Gasteiger partial charge in [0.15, 0.2) is 16.6 Å². The minimum Gasteiger partial charge on any atom is -0.411 e. The summed E-state index contributed by atoms with van der Waals surface area (Å²) in [5, 5.41) is 0. The van der Waals surface area contributed by atoms with Gasteiger partial charge in [0.1, 0.15) is 5.44 Å². The van der Waals surface area contributed by atoms with Crippen molar-refractivity contribution >= 4 is 28.4 Å². The molecule has 0 radical (unpaired) electrons. The lowest BCUT2D eigenvalue weighted by molar-refractivity contribution is -0.126. The summed E-state index contributed by atoms with van der Waals surface area (Å²) in [6.45, 7) is 16.1. The average molecular weight is 469 g/mol. The zero-order valence-electron chi connectivity index (χ0n) is 20.3. The molecule has 1 aliphatic rings. The highest BCUT2D eigenvalue weighted by Gasteiger charge is 2.45. The van der Waals surface area contributed by atoms with Gasteiger partial charge in [-0.3, -0.25) is 0 Å². The summed E-state index contributed by atoms with van der Waals surface area (Å²) in [5.41, 5.74) is 0.116. The van der Waals surface area contributed by atoms with Crippen LogP contribution in [0.3, 0.4) is 0 Å². The quantitative estimate of drug-likeness (QED) is 0.294. The van der Waals surface area contributed by atoms with Crippen molar-refractivity contribution in [3.05, 3.63) is 30.3 Å². The maximum Gasteiger partial charge on any atom is 0.192 e. The molecule has 0 spiro atoms. The third-order valence-electron chi connectivity index (χ3n) is 7.28. The van der Waals surface area contributed by atoms with Gasteiger partial charge in [0, 0.05) is 11.3 Å². The van der Waals surface area contributed by atoms with Crippen molar-refractivity contribution in [1.29, 1.82) is 0 Å². The van der Waals surface area contributed by atoms with Crippen molar-refractivity contribution in [1.82, 2.24) is 0 Å². The molecule has 3 nitrogen and oxygen atoms in total. The molecule has 1 aromatic carbocycles. The fraction of sp³-hybridized carbons (Fsp3) is 0.750. The number of thioether (sulfide) groups is 1. The summed E-state index contributed by atoms with van der Waals surface area (Å²) in [5.74, 6) is 0. The Kier molecular flexibility index (Phi) is 10.6. The molecule has 0 bridgehead atoms. The standard InChI is InChI=1S/C24H44O3SSi2/c1-8-29(9-2,10-3)26-22-19-23(28-21-17-15-14-16-18-21)25-20(7)24(22)27-30(11-4,12-5)13-6/h14-18,20,22-24H,8-13,19H2,1-7H3/t20-,22-,23-,24-/m0/s1. The van der Waals surface area contributed by atoms with Crippen molar-refractivity contribution in [3.8, 4) is 0 Å². The van der Waals surface area contributed by atoms with E-state index in [0.29, 0.717) is 0 Å². The summed E-state index contributed by atoms with van der Waals surface area (Å²) >= 11 is 1.83. The lowest BCUT2D eigenvalue weighted by atomic mass is 10.0. The van der Waals surface area contributed by atoms with Crippen LogP contribution in [-0.4, -0.2) is 40.4 Å². The predicted molar refractivity (Wildman–Crippen MR) is 135 cm³/mol. The second kappa shape index (κ2) is 12.2. The minimum atomic E-state index is -1.74. The van der Waals surface area contributed by atoms with E-state index in [0.717, 1.165) is 24.6 Å². The van der Waals surface area contributed by atoms with Crippen LogP contribution in [0.2, 0.25) is 36.3 Å². The molecular weight excluding hydrogens is 425 g/mol. The van der Waals surface area contributed by atoms with Gasteiger partial charge in [0.25, 0.3) is 0 Å². The van der Waals surface area contributed by atoms with Crippen LogP contribution in [0.15, 0.2) is 35.2 Å². The molecule has 2 rings (SSSR count). The highest BCUT2D eigenvalue weighted by molar-refractivity contribution is 7.99. The molecule has 1 aromatic rings. The first-order valence-electron chi connectivity index (χ1n) is 12.1. The van der Waals surface area contributed by atoms with E-state index < -0.39 is 16.6 Å². The summed E-state index contributed by atoms with van der Waals surface area (Å²) in [6.07, 6.45) is 1.16. The molecule has 0 unspecified atom stereocenters. The van der Waals surface area contributed by atoms with Crippen LogP contribution in [0.5, 0.6) is 0 Å². The van der Waals surface area contributed by atoms with E-state index in [1.54, 1.807) is 0 Å². The van der Waals surface area contributed by atoms with Gasteiger partial charge in [0.2, 0.25) is 0 Å². The molecule has 0 amide bonds. The number of hydrogen-bond donors (Lipinski definition) is 0. The Morgan fingerprint density at radius 3 is 1.83 bits per heavy atom. The Labute approximate surface area is 191 Å². The lowest BCUT2D eigenvalue weighted by Crippen LogP contribution is -2.57. The van der Waals surface area contributed by atoms with Gasteiger partial charge in [-0.25, -0.2) is 0 Å². The van der Waals surface area contributed by atoms with Crippen LogP contribution >= 0.6 is 11.8 Å². The Morgan fingerprint density at radius 2 is 1.33 bits per heavy atom. The Balaban J connectivity index is 2.27. The van der Waals surface area contributed by atoms with Crippen molar-refractivity contribution < 1.29 is 13.6 Å². The van der Waals surface area contributed by atoms with Crippen molar-refractivity contribution in [2.45, 2.75) is 120 Å². The van der Waals surface area contributed by atoms with Crippen LogP contribution in [0.4, 0.5) is 0 Å². The van der Waals surface area contributed by atoms with E-state index >= 15 is 0 Å². The van der Waals surface area contributed by atoms with Crippen LogP contribution in [0.1, 0.15) is 54.9 Å². The van der Waals surface area contributed by atoms with E-state index in [1.807, 2.05) is 11.8 Å². The van der Waals surface area contributed by atoms with Gasteiger partial charge >= 0.3 is 0 Å². The van der Waals surface area contributed by atoms with Gasteiger partial charge in [-0.1, -0.05) is 71.5 Å². The third kappa shape index (κ3) is 6.45. The number of benzene rings is 1. The van der Waals surface area contributed by atoms with Gasteiger partial charge in [-0.15, -0.1) is 0 Å². The van der Waals surface area contributed by atoms with Crippen LogP contribution in [0.25, 0.3) is 0 Å². The fourth-order valence-corrected chi connectivity index (χ4v) is 11.5. The summed E-state index contributed by atoms with van der Waals surface area (Å²) < 4.78 is 20.7. The Morgan fingerprint density at radius 1 is 0.833 bits per heavy atom. The van der Waals surface area contributed by atoms with Crippen molar-refractivity contribution in [2.24, 2.45) is 0 Å². The Bertz CT molecular complexity index is 591. The zero-order chi connectivity index (χ0) is 22.2. The zero-order valence-corrected chi connectivity index (χ0v) is 23.1. The number of rotatable bonds is 12. The topological polar surface area (TPSA) is 27.7 Å². The van der Waals surface area contributed by atoms with Gasteiger partial charge in [-0.2, -0.15) is 0 Å². The second-order valence-electron chi connectivity index (χ2n) is 8.66. The maximum absolute atomic E-state index is 7.10. The molecule has 0 saturated carbocycles. The molecule has 30 heavy (non-hydrogen) atoms. The first-order chi connectivity index (χ1) is 14.4. The molecule has 1 heterocycles. The molecular formula is C24H44O3SSi2. The number of hydrogen-bond acceptors (Lipinski definition) is 4. The first kappa shape index (κ1) is 26.1. The maximum atomic E-state index is 7.10. The van der Waals surface area contributed by atoms with Crippen LogP contribution in [0, 0.1) is 0 Å². The highest BCUT2D eigenvalue weighted by atomic mass is 32.2. The van der Waals surface area contributed by atoms with Gasteiger partial charge in [-0.05, 0) is 55.3 Å². The summed E-state index contributed by atoms with van der Waals surface area (Å²) in [4.78, 5) is 1.26. The van der Waals surface area contributed by atoms with E-state index in [1.165, 1.54) is 23.0 Å². The number of ether oxygens (including phenoxy) is 1. The van der Waals surface area contributed by atoms with E-state index in [4.69, 9.17) is 13.6 Å². The molecule has 0 aliphatic carbocycles. The molecule has 4 atom stereocenters. The molecule has 172 valence electrons. The monoisotopic (exact) mass is 468 g/mol. The molecule has 1 saturated heterocycles. The largest absolute Gasteiger partial charge is 0.411 e. The smallest absolute Gasteiger partial charge is 0.192 e. The molecule has 0 N–H and O–H groups in total. The second-order valence-corrected chi connectivity index (χ2v) is 19.3. The molecule has 0 aromatic heterocycles. The van der Waals surface area contributed by atoms with Gasteiger partial charge in [0.05, 0.1) is 18.3 Å². The van der Waals surface area contributed by atoms with Crippen molar-refractivity contribution in [2.75, 3.05) is 0 Å². The average Bonchev–Trinajstić information content (AvgIpc) is 2.78. The van der Waals surface area contributed by atoms with Crippen molar-refractivity contribution in [3.63, 3.8) is 0 Å². The molecule has 6 heteroatoms. The predicted octanol–water partition coefficient (Wildman–Crippen LogP) is 7.69. The first-order valence-corrected chi connectivity index (χ1v) is 18.1. The van der Waals surface area contributed by atoms with Crippen LogP contribution < -0.4 is 0 Å². The van der Waals surface area contributed by atoms with E-state index in [-0.39, 0.29) is 23.7 Å².